The van der Waals surface area contributed by atoms with E-state index in [9.17, 15) is 4.79 Å². The number of aryl methyl sites for hydroxylation is 1. The van der Waals surface area contributed by atoms with Crippen molar-refractivity contribution in [2.24, 2.45) is 0 Å². The van der Waals surface area contributed by atoms with Crippen LogP contribution in [0.5, 0.6) is 5.75 Å². The van der Waals surface area contributed by atoms with Crippen LogP contribution in [0.25, 0.3) is 0 Å². The predicted octanol–water partition coefficient (Wildman–Crippen LogP) is 2.67. The van der Waals surface area contributed by atoms with Gasteiger partial charge in [-0.25, -0.2) is 4.98 Å². The van der Waals surface area contributed by atoms with Gasteiger partial charge in [-0.2, -0.15) is 0 Å². The highest BCUT2D eigenvalue weighted by atomic mass is 16.5. The molecule has 1 aromatic carbocycles. The molecule has 0 unspecified atom stereocenters. The molecule has 3 rings (SSSR count). The minimum atomic E-state index is 0.0861. The van der Waals surface area contributed by atoms with Crippen LogP contribution >= 0.6 is 0 Å². The number of imidazole rings is 1. The summed E-state index contributed by atoms with van der Waals surface area (Å²) in [6, 6.07) is 8.09. The van der Waals surface area contributed by atoms with Gasteiger partial charge in [-0.3, -0.25) is 9.69 Å². The number of hydrogen-bond donors (Lipinski definition) is 1. The highest BCUT2D eigenvalue weighted by molar-refractivity contribution is 5.77. The summed E-state index contributed by atoms with van der Waals surface area (Å²) in [5.41, 5.74) is 3.42. The van der Waals surface area contributed by atoms with Crippen LogP contribution < -0.4 is 4.74 Å². The fraction of sp³-hybridized carbons (Fsp3) is 0.565. The van der Waals surface area contributed by atoms with Crippen LogP contribution in [0.3, 0.4) is 0 Å². The largest absolute Gasteiger partial charge is 0.484 e. The van der Waals surface area contributed by atoms with E-state index in [1.54, 1.807) is 6.33 Å². The van der Waals surface area contributed by atoms with Crippen molar-refractivity contribution in [2.75, 3.05) is 46.9 Å². The third-order valence-electron chi connectivity index (χ3n) is 5.57. The van der Waals surface area contributed by atoms with Gasteiger partial charge in [0.05, 0.1) is 12.0 Å². The molecule has 1 aliphatic heterocycles. The summed E-state index contributed by atoms with van der Waals surface area (Å²) in [6.07, 6.45) is 5.18. The van der Waals surface area contributed by atoms with Crippen LogP contribution in [-0.2, 0) is 17.9 Å². The highest BCUT2D eigenvalue weighted by Crippen LogP contribution is 2.16. The zero-order chi connectivity index (χ0) is 21.3. The lowest BCUT2D eigenvalue weighted by Gasteiger charge is -2.26. The molecule has 1 aromatic heterocycles. The second-order valence-electron chi connectivity index (χ2n) is 8.36. The molecule has 1 saturated heterocycles. The smallest absolute Gasteiger partial charge is 0.260 e. The summed E-state index contributed by atoms with van der Waals surface area (Å²) >= 11 is 0. The van der Waals surface area contributed by atoms with Gasteiger partial charge in [-0.05, 0) is 58.0 Å². The Morgan fingerprint density at radius 3 is 2.47 bits per heavy atom. The van der Waals surface area contributed by atoms with Crippen LogP contribution in [-0.4, -0.2) is 77.5 Å². The molecule has 7 nitrogen and oxygen atoms in total. The maximum atomic E-state index is 12.3. The van der Waals surface area contributed by atoms with Gasteiger partial charge in [0.25, 0.3) is 5.91 Å². The fourth-order valence-electron chi connectivity index (χ4n) is 3.64. The molecule has 1 aliphatic rings. The van der Waals surface area contributed by atoms with Gasteiger partial charge >= 0.3 is 0 Å². The van der Waals surface area contributed by atoms with Crippen LogP contribution in [0.1, 0.15) is 36.2 Å². The van der Waals surface area contributed by atoms with Gasteiger partial charge in [0.15, 0.2) is 6.61 Å². The monoisotopic (exact) mass is 413 g/mol. The predicted molar refractivity (Wildman–Crippen MR) is 118 cm³/mol. The Hall–Kier alpha value is -2.38. The Morgan fingerprint density at radius 2 is 1.83 bits per heavy atom. The van der Waals surface area contributed by atoms with Crippen LogP contribution in [0.15, 0.2) is 30.6 Å². The molecule has 7 heteroatoms. The Bertz CT molecular complexity index is 781. The molecule has 1 N–H and O–H groups in total. The molecule has 2 aromatic rings. The summed E-state index contributed by atoms with van der Waals surface area (Å²) in [5.74, 6) is 0.829. The van der Waals surface area contributed by atoms with Gasteiger partial charge < -0.3 is 19.5 Å². The third-order valence-corrected chi connectivity index (χ3v) is 5.57. The van der Waals surface area contributed by atoms with Crippen molar-refractivity contribution < 1.29 is 9.53 Å². The SMILES string of the molecule is Cc1[nH]cnc1CN(CCN(C)C)Cc1ccc(OCC(=O)N2CCCCC2)cc1. The van der Waals surface area contributed by atoms with Crippen molar-refractivity contribution in [3.8, 4) is 5.75 Å². The summed E-state index contributed by atoms with van der Waals surface area (Å²) in [7, 11) is 4.19. The lowest BCUT2D eigenvalue weighted by atomic mass is 10.1. The molecule has 0 aliphatic carbocycles. The molecular formula is C23H35N5O2. The van der Waals surface area contributed by atoms with E-state index in [0.29, 0.717) is 0 Å². The minimum Gasteiger partial charge on any atom is -0.484 e. The quantitative estimate of drug-likeness (QED) is 0.649. The van der Waals surface area contributed by atoms with Gasteiger partial charge in [0.2, 0.25) is 0 Å². The molecule has 2 heterocycles. The number of ether oxygens (including phenoxy) is 1. The minimum absolute atomic E-state index is 0.0861. The number of carbonyl (C=O) groups excluding carboxylic acids is 1. The van der Waals surface area contributed by atoms with Gasteiger partial charge in [-0.1, -0.05) is 12.1 Å². The van der Waals surface area contributed by atoms with Crippen molar-refractivity contribution >= 4 is 5.91 Å². The molecular weight excluding hydrogens is 378 g/mol. The third kappa shape index (κ3) is 6.85. The first-order valence-electron chi connectivity index (χ1n) is 10.9. The van der Waals surface area contributed by atoms with Crippen molar-refractivity contribution in [3.05, 3.63) is 47.5 Å². The number of aromatic amines is 1. The lowest BCUT2D eigenvalue weighted by Crippen LogP contribution is -2.38. The molecule has 0 radical (unpaired) electrons. The Morgan fingerprint density at radius 1 is 1.10 bits per heavy atom. The zero-order valence-electron chi connectivity index (χ0n) is 18.6. The van der Waals surface area contributed by atoms with Crippen molar-refractivity contribution in [1.29, 1.82) is 0 Å². The van der Waals surface area contributed by atoms with Crippen LogP contribution in [0.4, 0.5) is 0 Å². The number of amides is 1. The second kappa shape index (κ2) is 11.1. The number of likely N-dealkylation sites (tertiary alicyclic amines) is 1. The van der Waals surface area contributed by atoms with Crippen molar-refractivity contribution in [2.45, 2.75) is 39.3 Å². The number of hydrogen-bond acceptors (Lipinski definition) is 5. The van der Waals surface area contributed by atoms with E-state index in [1.165, 1.54) is 12.0 Å². The molecule has 1 fully saturated rings. The number of aromatic nitrogens is 2. The highest BCUT2D eigenvalue weighted by Gasteiger charge is 2.17. The molecule has 0 saturated carbocycles. The number of nitrogens with one attached hydrogen (secondary N) is 1. The number of rotatable bonds is 10. The number of H-pyrrole nitrogens is 1. The maximum absolute atomic E-state index is 12.3. The number of benzene rings is 1. The average Bonchev–Trinajstić information content (AvgIpc) is 3.16. The van der Waals surface area contributed by atoms with E-state index in [0.717, 1.165) is 69.2 Å². The first-order valence-corrected chi connectivity index (χ1v) is 10.9. The molecule has 1 amide bonds. The van der Waals surface area contributed by atoms with E-state index < -0.39 is 0 Å². The maximum Gasteiger partial charge on any atom is 0.260 e. The lowest BCUT2D eigenvalue weighted by molar-refractivity contribution is -0.134. The van der Waals surface area contributed by atoms with E-state index in [-0.39, 0.29) is 12.5 Å². The second-order valence-corrected chi connectivity index (χ2v) is 8.36. The number of carbonyl (C=O) groups is 1. The average molecular weight is 414 g/mol. The fourth-order valence-corrected chi connectivity index (χ4v) is 3.64. The molecule has 30 heavy (non-hydrogen) atoms. The van der Waals surface area contributed by atoms with Crippen molar-refractivity contribution in [1.82, 2.24) is 24.7 Å². The normalized spacial score (nSPS) is 14.5. The van der Waals surface area contributed by atoms with Crippen LogP contribution in [0.2, 0.25) is 0 Å². The van der Waals surface area contributed by atoms with E-state index >= 15 is 0 Å². The number of likely N-dealkylation sites (N-methyl/N-ethyl adjacent to an activating group) is 1. The molecule has 0 bridgehead atoms. The van der Waals surface area contributed by atoms with Crippen LogP contribution in [0, 0.1) is 6.92 Å². The molecule has 0 spiro atoms. The Kier molecular flexibility index (Phi) is 8.28. The standard InChI is InChI=1S/C23H35N5O2/c1-19-22(25-18-24-19)16-27(14-13-26(2)3)15-20-7-9-21(10-8-20)30-17-23(29)28-11-5-4-6-12-28/h7-10,18H,4-6,11-17H2,1-3H3,(H,24,25). The first-order chi connectivity index (χ1) is 14.5. The topological polar surface area (TPSA) is 64.7 Å². The van der Waals surface area contributed by atoms with Crippen molar-refractivity contribution in [3.63, 3.8) is 0 Å². The van der Waals surface area contributed by atoms with Gasteiger partial charge in [-0.15, -0.1) is 0 Å². The summed E-state index contributed by atoms with van der Waals surface area (Å²) < 4.78 is 5.74. The summed E-state index contributed by atoms with van der Waals surface area (Å²) in [6.45, 7) is 7.50. The van der Waals surface area contributed by atoms with Gasteiger partial charge in [0, 0.05) is 45.0 Å². The van der Waals surface area contributed by atoms with E-state index in [4.69, 9.17) is 4.74 Å². The van der Waals surface area contributed by atoms with E-state index in [2.05, 4.69) is 52.9 Å². The first kappa shape index (κ1) is 22.3. The van der Waals surface area contributed by atoms with Gasteiger partial charge in [0.1, 0.15) is 5.75 Å². The zero-order valence-corrected chi connectivity index (χ0v) is 18.6. The number of nitrogens with zero attached hydrogens (tertiary/aromatic N) is 4. The Balaban J connectivity index is 1.53. The molecule has 0 atom stereocenters. The number of piperidine rings is 1. The summed E-state index contributed by atoms with van der Waals surface area (Å²) in [4.78, 5) is 26.4. The molecule has 164 valence electrons. The Labute approximate surface area is 180 Å². The van der Waals surface area contributed by atoms with E-state index in [1.807, 2.05) is 17.0 Å². The summed E-state index contributed by atoms with van der Waals surface area (Å²) in [5, 5.41) is 0.